The lowest BCUT2D eigenvalue weighted by Crippen LogP contribution is -2.26. The van der Waals surface area contributed by atoms with Crippen molar-refractivity contribution in [2.45, 2.75) is 12.8 Å². The molecule has 1 rings (SSSR count). The summed E-state index contributed by atoms with van der Waals surface area (Å²) < 4.78 is 4.72. The summed E-state index contributed by atoms with van der Waals surface area (Å²) in [5, 5.41) is 0. The van der Waals surface area contributed by atoms with Crippen molar-refractivity contribution >= 4 is 5.91 Å². The van der Waals surface area contributed by atoms with Gasteiger partial charge in [-0.15, -0.1) is 0 Å². The molecule has 1 aliphatic carbocycles. The molecule has 0 aromatic rings. The molecule has 0 unspecified atom stereocenters. The Morgan fingerprint density at radius 1 is 1.55 bits per heavy atom. The van der Waals surface area contributed by atoms with Crippen LogP contribution in [0, 0.1) is 5.92 Å². The van der Waals surface area contributed by atoms with Crippen LogP contribution in [0.25, 0.3) is 0 Å². The summed E-state index contributed by atoms with van der Waals surface area (Å²) in [5.74, 6) is 0.207. The van der Waals surface area contributed by atoms with Crippen LogP contribution in [0.3, 0.4) is 0 Å². The van der Waals surface area contributed by atoms with Crippen molar-refractivity contribution in [3.05, 3.63) is 0 Å². The van der Waals surface area contributed by atoms with E-state index in [4.69, 9.17) is 9.57 Å². The molecule has 0 spiro atoms. The van der Waals surface area contributed by atoms with E-state index < -0.39 is 0 Å². The van der Waals surface area contributed by atoms with Crippen molar-refractivity contribution in [3.8, 4) is 0 Å². The molecule has 4 nitrogen and oxygen atoms in total. The molecule has 0 aliphatic heterocycles. The standard InChI is InChI=1S/C7H13NO3/c1-10-4-5-11-8-7(9)6-2-3-6/h6H,2-5H2,1H3,(H,8,9). The lowest BCUT2D eigenvalue weighted by Gasteiger charge is -2.03. The average molecular weight is 159 g/mol. The van der Waals surface area contributed by atoms with E-state index in [-0.39, 0.29) is 11.8 Å². The Hall–Kier alpha value is -0.610. The minimum absolute atomic E-state index is 0.00102. The third kappa shape index (κ3) is 3.34. The van der Waals surface area contributed by atoms with Crippen molar-refractivity contribution in [1.82, 2.24) is 5.48 Å². The highest BCUT2D eigenvalue weighted by Gasteiger charge is 2.29. The van der Waals surface area contributed by atoms with Crippen LogP contribution in [-0.4, -0.2) is 26.2 Å². The number of methoxy groups -OCH3 is 1. The Morgan fingerprint density at radius 2 is 2.27 bits per heavy atom. The van der Waals surface area contributed by atoms with Crippen LogP contribution in [0.15, 0.2) is 0 Å². The van der Waals surface area contributed by atoms with Gasteiger partial charge in [-0.3, -0.25) is 9.63 Å². The number of rotatable bonds is 5. The maximum Gasteiger partial charge on any atom is 0.246 e. The van der Waals surface area contributed by atoms with Gasteiger partial charge in [0.1, 0.15) is 0 Å². The van der Waals surface area contributed by atoms with Gasteiger partial charge >= 0.3 is 0 Å². The Morgan fingerprint density at radius 3 is 2.82 bits per heavy atom. The fraction of sp³-hybridized carbons (Fsp3) is 0.857. The molecule has 1 saturated carbocycles. The van der Waals surface area contributed by atoms with Crippen molar-refractivity contribution < 1.29 is 14.4 Å². The Labute approximate surface area is 65.8 Å². The lowest BCUT2D eigenvalue weighted by atomic mass is 10.4. The van der Waals surface area contributed by atoms with Gasteiger partial charge in [0.2, 0.25) is 5.91 Å². The van der Waals surface area contributed by atoms with Crippen LogP contribution >= 0.6 is 0 Å². The average Bonchev–Trinajstić information content (AvgIpc) is 2.79. The summed E-state index contributed by atoms with van der Waals surface area (Å²) in [6.45, 7) is 0.917. The van der Waals surface area contributed by atoms with E-state index in [1.807, 2.05) is 0 Å². The fourth-order valence-electron chi connectivity index (χ4n) is 0.676. The zero-order valence-electron chi connectivity index (χ0n) is 6.63. The maximum atomic E-state index is 10.9. The third-order valence-corrected chi connectivity index (χ3v) is 1.51. The minimum atomic E-state index is 0.00102. The first-order chi connectivity index (χ1) is 5.34. The van der Waals surface area contributed by atoms with E-state index in [0.717, 1.165) is 12.8 Å². The van der Waals surface area contributed by atoms with Crippen molar-refractivity contribution in [1.29, 1.82) is 0 Å². The van der Waals surface area contributed by atoms with Crippen molar-refractivity contribution in [3.63, 3.8) is 0 Å². The van der Waals surface area contributed by atoms with Gasteiger partial charge in [0.15, 0.2) is 0 Å². The van der Waals surface area contributed by atoms with Gasteiger partial charge in [-0.25, -0.2) is 5.48 Å². The molecular formula is C7H13NO3. The van der Waals surface area contributed by atoms with E-state index in [1.54, 1.807) is 7.11 Å². The zero-order valence-corrected chi connectivity index (χ0v) is 6.63. The molecule has 0 bridgehead atoms. The molecule has 1 fully saturated rings. The van der Waals surface area contributed by atoms with Crippen LogP contribution in [0.2, 0.25) is 0 Å². The lowest BCUT2D eigenvalue weighted by molar-refractivity contribution is -0.135. The molecule has 0 saturated heterocycles. The normalized spacial score (nSPS) is 16.5. The molecule has 0 atom stereocenters. The van der Waals surface area contributed by atoms with Gasteiger partial charge in [0.05, 0.1) is 13.2 Å². The first-order valence-electron chi connectivity index (χ1n) is 3.75. The van der Waals surface area contributed by atoms with E-state index in [1.165, 1.54) is 0 Å². The van der Waals surface area contributed by atoms with Crippen LogP contribution in [0.4, 0.5) is 0 Å². The predicted octanol–water partition coefficient (Wildman–Crippen LogP) is 0.0906. The van der Waals surface area contributed by atoms with Crippen LogP contribution in [0.5, 0.6) is 0 Å². The van der Waals surface area contributed by atoms with Crippen LogP contribution in [-0.2, 0) is 14.4 Å². The number of carbonyl (C=O) groups is 1. The molecule has 64 valence electrons. The highest BCUT2D eigenvalue weighted by Crippen LogP contribution is 2.28. The summed E-state index contributed by atoms with van der Waals surface area (Å²) in [7, 11) is 1.59. The number of hydrogen-bond acceptors (Lipinski definition) is 3. The Kier molecular flexibility index (Phi) is 3.32. The number of hydroxylamine groups is 1. The van der Waals surface area contributed by atoms with Crippen molar-refractivity contribution in [2.75, 3.05) is 20.3 Å². The first-order valence-corrected chi connectivity index (χ1v) is 3.75. The minimum Gasteiger partial charge on any atom is -0.382 e. The summed E-state index contributed by atoms with van der Waals surface area (Å²) in [6.07, 6.45) is 2.00. The Balaban J connectivity index is 1.89. The molecule has 1 aliphatic rings. The van der Waals surface area contributed by atoms with Crippen LogP contribution < -0.4 is 5.48 Å². The van der Waals surface area contributed by atoms with E-state index >= 15 is 0 Å². The van der Waals surface area contributed by atoms with Gasteiger partial charge in [-0.1, -0.05) is 0 Å². The number of ether oxygens (including phenoxy) is 1. The van der Waals surface area contributed by atoms with Crippen LogP contribution in [0.1, 0.15) is 12.8 Å². The largest absolute Gasteiger partial charge is 0.382 e. The number of carbonyl (C=O) groups excluding carboxylic acids is 1. The molecular weight excluding hydrogens is 146 g/mol. The Bertz CT molecular complexity index is 134. The van der Waals surface area contributed by atoms with E-state index in [9.17, 15) is 4.79 Å². The smallest absolute Gasteiger partial charge is 0.246 e. The zero-order chi connectivity index (χ0) is 8.10. The summed E-state index contributed by atoms with van der Waals surface area (Å²) in [5.41, 5.74) is 2.36. The topological polar surface area (TPSA) is 47.6 Å². The maximum absolute atomic E-state index is 10.9. The molecule has 1 N–H and O–H groups in total. The number of nitrogens with one attached hydrogen (secondary N) is 1. The monoisotopic (exact) mass is 159 g/mol. The fourth-order valence-corrected chi connectivity index (χ4v) is 0.676. The van der Waals surface area contributed by atoms with Gasteiger partial charge in [-0.2, -0.15) is 0 Å². The first kappa shape index (κ1) is 8.49. The third-order valence-electron chi connectivity index (χ3n) is 1.51. The molecule has 4 heteroatoms. The van der Waals surface area contributed by atoms with E-state index in [0.29, 0.717) is 13.2 Å². The SMILES string of the molecule is COCCONC(=O)C1CC1. The molecule has 0 radical (unpaired) electrons. The molecule has 0 aromatic carbocycles. The quantitative estimate of drug-likeness (QED) is 0.457. The summed E-state index contributed by atoms with van der Waals surface area (Å²) in [4.78, 5) is 15.7. The van der Waals surface area contributed by atoms with E-state index in [2.05, 4.69) is 5.48 Å². The summed E-state index contributed by atoms with van der Waals surface area (Å²) >= 11 is 0. The van der Waals surface area contributed by atoms with Crippen molar-refractivity contribution in [2.24, 2.45) is 5.92 Å². The molecule has 11 heavy (non-hydrogen) atoms. The second-order valence-electron chi connectivity index (χ2n) is 2.58. The highest BCUT2D eigenvalue weighted by atomic mass is 16.7. The van der Waals surface area contributed by atoms with Gasteiger partial charge in [0.25, 0.3) is 0 Å². The number of amides is 1. The van der Waals surface area contributed by atoms with Gasteiger partial charge < -0.3 is 4.74 Å². The van der Waals surface area contributed by atoms with Gasteiger partial charge in [-0.05, 0) is 12.8 Å². The second-order valence-corrected chi connectivity index (χ2v) is 2.58. The van der Waals surface area contributed by atoms with Gasteiger partial charge in [0, 0.05) is 13.0 Å². The molecule has 0 aromatic heterocycles. The molecule has 0 heterocycles. The molecule has 1 amide bonds. The highest BCUT2D eigenvalue weighted by molar-refractivity contribution is 5.79. The summed E-state index contributed by atoms with van der Waals surface area (Å²) in [6, 6.07) is 0. The second kappa shape index (κ2) is 4.31. The predicted molar refractivity (Wildman–Crippen MR) is 38.7 cm³/mol. The number of hydrogen-bond donors (Lipinski definition) is 1.